The van der Waals surface area contributed by atoms with Crippen molar-refractivity contribution in [2.24, 2.45) is 11.8 Å². The summed E-state index contributed by atoms with van der Waals surface area (Å²) in [5.41, 5.74) is 0. The molecule has 1 aromatic carbocycles. The Hall–Kier alpha value is -0.390. The summed E-state index contributed by atoms with van der Waals surface area (Å²) in [6.45, 7) is 1.37. The molecule has 1 aromatic rings. The Kier molecular flexibility index (Phi) is 4.20. The third-order valence-corrected chi connectivity index (χ3v) is 7.59. The van der Waals surface area contributed by atoms with Crippen molar-refractivity contribution in [3.63, 3.8) is 0 Å². The van der Waals surface area contributed by atoms with E-state index in [1.165, 1.54) is 25.7 Å². The van der Waals surface area contributed by atoms with E-state index in [1.807, 2.05) is 6.07 Å². The zero-order chi connectivity index (χ0) is 14.2. The summed E-state index contributed by atoms with van der Waals surface area (Å²) in [4.78, 5) is 0.397. The van der Waals surface area contributed by atoms with Crippen molar-refractivity contribution in [2.75, 3.05) is 13.1 Å². The highest BCUT2D eigenvalue weighted by molar-refractivity contribution is 9.10. The maximum atomic E-state index is 12.8. The van der Waals surface area contributed by atoms with E-state index in [4.69, 9.17) is 0 Å². The van der Waals surface area contributed by atoms with Gasteiger partial charge >= 0.3 is 0 Å². The molecule has 110 valence electrons. The van der Waals surface area contributed by atoms with E-state index < -0.39 is 10.0 Å². The van der Waals surface area contributed by atoms with Crippen molar-refractivity contribution in [2.45, 2.75) is 37.0 Å². The first-order valence-electron chi connectivity index (χ1n) is 7.34. The lowest BCUT2D eigenvalue weighted by atomic mass is 9.76. The summed E-state index contributed by atoms with van der Waals surface area (Å²) < 4.78 is 27.9. The molecule has 1 aliphatic heterocycles. The molecule has 1 saturated carbocycles. The third kappa shape index (κ3) is 2.68. The summed E-state index contributed by atoms with van der Waals surface area (Å²) >= 11 is 3.36. The van der Waals surface area contributed by atoms with Crippen molar-refractivity contribution < 1.29 is 8.42 Å². The van der Waals surface area contributed by atoms with Crippen LogP contribution < -0.4 is 0 Å². The standard InChI is InChI=1S/C15H20BrNO2S/c16-14-7-3-4-8-15(14)20(18,19)17-10-9-12-5-1-2-6-13(12)11-17/h3-4,7-8,12-13H,1-2,5-6,9-11H2. The minimum Gasteiger partial charge on any atom is -0.207 e. The SMILES string of the molecule is O=S(=O)(c1ccccc1Br)N1CCC2CCCCC2C1. The quantitative estimate of drug-likeness (QED) is 0.809. The van der Waals surface area contributed by atoms with Gasteiger partial charge in [0.25, 0.3) is 0 Å². The van der Waals surface area contributed by atoms with Crippen LogP contribution in [0.25, 0.3) is 0 Å². The molecule has 0 radical (unpaired) electrons. The number of halogens is 1. The summed E-state index contributed by atoms with van der Waals surface area (Å²) in [6.07, 6.45) is 6.07. The van der Waals surface area contributed by atoms with E-state index in [9.17, 15) is 8.42 Å². The molecule has 1 saturated heterocycles. The first-order chi connectivity index (χ1) is 9.59. The minimum absolute atomic E-state index is 0.397. The lowest BCUT2D eigenvalue weighted by Crippen LogP contribution is -2.44. The van der Waals surface area contributed by atoms with Crippen LogP contribution >= 0.6 is 15.9 Å². The Morgan fingerprint density at radius 2 is 1.75 bits per heavy atom. The maximum Gasteiger partial charge on any atom is 0.244 e. The molecular formula is C15H20BrNO2S. The van der Waals surface area contributed by atoms with E-state index in [-0.39, 0.29) is 0 Å². The third-order valence-electron chi connectivity index (χ3n) is 4.71. The summed E-state index contributed by atoms with van der Waals surface area (Å²) in [5, 5.41) is 0. The van der Waals surface area contributed by atoms with Crippen LogP contribution in [0.5, 0.6) is 0 Å². The van der Waals surface area contributed by atoms with Gasteiger partial charge in [0, 0.05) is 17.6 Å². The monoisotopic (exact) mass is 357 g/mol. The highest BCUT2D eigenvalue weighted by Crippen LogP contribution is 2.38. The molecule has 0 bridgehead atoms. The van der Waals surface area contributed by atoms with Gasteiger partial charge in [-0.15, -0.1) is 0 Å². The topological polar surface area (TPSA) is 37.4 Å². The van der Waals surface area contributed by atoms with Gasteiger partial charge in [0.05, 0.1) is 4.90 Å². The van der Waals surface area contributed by atoms with Crippen LogP contribution in [0.15, 0.2) is 33.6 Å². The lowest BCUT2D eigenvalue weighted by Gasteiger charge is -2.40. The lowest BCUT2D eigenvalue weighted by molar-refractivity contribution is 0.136. The van der Waals surface area contributed by atoms with Crippen LogP contribution in [0.4, 0.5) is 0 Å². The number of rotatable bonds is 2. The van der Waals surface area contributed by atoms with Gasteiger partial charge in [-0.2, -0.15) is 4.31 Å². The molecule has 2 fully saturated rings. The Bertz CT molecular complexity index is 587. The van der Waals surface area contributed by atoms with Gasteiger partial charge in [-0.1, -0.05) is 31.4 Å². The van der Waals surface area contributed by atoms with Gasteiger partial charge in [0.1, 0.15) is 0 Å². The van der Waals surface area contributed by atoms with Crippen LogP contribution in [0.2, 0.25) is 0 Å². The molecular weight excluding hydrogens is 338 g/mol. The first-order valence-corrected chi connectivity index (χ1v) is 9.57. The smallest absolute Gasteiger partial charge is 0.207 e. The summed E-state index contributed by atoms with van der Waals surface area (Å²) in [7, 11) is -3.36. The van der Waals surface area contributed by atoms with E-state index in [0.29, 0.717) is 28.4 Å². The van der Waals surface area contributed by atoms with E-state index in [0.717, 1.165) is 12.3 Å². The highest BCUT2D eigenvalue weighted by atomic mass is 79.9. The van der Waals surface area contributed by atoms with Crippen molar-refractivity contribution in [3.8, 4) is 0 Å². The second kappa shape index (κ2) is 5.78. The van der Waals surface area contributed by atoms with E-state index in [1.54, 1.807) is 22.5 Å². The molecule has 3 nitrogen and oxygen atoms in total. The molecule has 0 amide bonds. The minimum atomic E-state index is -3.36. The molecule has 1 aliphatic carbocycles. The van der Waals surface area contributed by atoms with Crippen LogP contribution in [-0.4, -0.2) is 25.8 Å². The Balaban J connectivity index is 1.84. The number of benzene rings is 1. The number of hydrogen-bond acceptors (Lipinski definition) is 2. The Labute approximate surface area is 129 Å². The van der Waals surface area contributed by atoms with Crippen LogP contribution in [-0.2, 0) is 10.0 Å². The first kappa shape index (κ1) is 14.5. The molecule has 2 aliphatic rings. The Morgan fingerprint density at radius 3 is 2.50 bits per heavy atom. The second-order valence-electron chi connectivity index (χ2n) is 5.89. The zero-order valence-electron chi connectivity index (χ0n) is 11.5. The van der Waals surface area contributed by atoms with Crippen molar-refractivity contribution in [1.29, 1.82) is 0 Å². The van der Waals surface area contributed by atoms with Crippen molar-refractivity contribution >= 4 is 26.0 Å². The highest BCUT2D eigenvalue weighted by Gasteiger charge is 2.36. The summed E-state index contributed by atoms with van der Waals surface area (Å²) in [6, 6.07) is 7.11. The van der Waals surface area contributed by atoms with Crippen LogP contribution in [0.3, 0.4) is 0 Å². The predicted molar refractivity (Wildman–Crippen MR) is 83.0 cm³/mol. The Morgan fingerprint density at radius 1 is 1.05 bits per heavy atom. The average molecular weight is 358 g/mol. The fraction of sp³-hybridized carbons (Fsp3) is 0.600. The number of hydrogen-bond donors (Lipinski definition) is 0. The van der Waals surface area contributed by atoms with Gasteiger partial charge < -0.3 is 0 Å². The molecule has 2 unspecified atom stereocenters. The molecule has 1 heterocycles. The number of nitrogens with zero attached hydrogens (tertiary/aromatic N) is 1. The number of fused-ring (bicyclic) bond motifs is 1. The molecule has 3 rings (SSSR count). The van der Waals surface area contributed by atoms with E-state index >= 15 is 0 Å². The molecule has 5 heteroatoms. The van der Waals surface area contributed by atoms with Gasteiger partial charge in [0.15, 0.2) is 0 Å². The molecule has 0 spiro atoms. The van der Waals surface area contributed by atoms with Gasteiger partial charge in [0.2, 0.25) is 10.0 Å². The number of sulfonamides is 1. The van der Waals surface area contributed by atoms with Crippen molar-refractivity contribution in [3.05, 3.63) is 28.7 Å². The molecule has 20 heavy (non-hydrogen) atoms. The van der Waals surface area contributed by atoms with Gasteiger partial charge in [-0.25, -0.2) is 8.42 Å². The maximum absolute atomic E-state index is 12.8. The van der Waals surface area contributed by atoms with Crippen molar-refractivity contribution in [1.82, 2.24) is 4.31 Å². The second-order valence-corrected chi connectivity index (χ2v) is 8.65. The number of piperidine rings is 1. The molecule has 0 aromatic heterocycles. The fourth-order valence-corrected chi connectivity index (χ4v) is 6.05. The van der Waals surface area contributed by atoms with Crippen LogP contribution in [0, 0.1) is 11.8 Å². The van der Waals surface area contributed by atoms with Crippen LogP contribution in [0.1, 0.15) is 32.1 Å². The average Bonchev–Trinajstić information content (AvgIpc) is 2.47. The predicted octanol–water partition coefficient (Wildman–Crippen LogP) is 3.65. The molecule has 0 N–H and O–H groups in total. The van der Waals surface area contributed by atoms with E-state index in [2.05, 4.69) is 15.9 Å². The molecule has 2 atom stereocenters. The zero-order valence-corrected chi connectivity index (χ0v) is 13.9. The largest absolute Gasteiger partial charge is 0.244 e. The van der Waals surface area contributed by atoms with Gasteiger partial charge in [-0.05, 0) is 52.7 Å². The summed E-state index contributed by atoms with van der Waals surface area (Å²) in [5.74, 6) is 1.31. The fourth-order valence-electron chi connectivity index (χ4n) is 3.58. The van der Waals surface area contributed by atoms with Gasteiger partial charge in [-0.3, -0.25) is 0 Å². The normalized spacial score (nSPS) is 28.1.